The van der Waals surface area contributed by atoms with Gasteiger partial charge in [-0.1, -0.05) is 25.1 Å². The van der Waals surface area contributed by atoms with Crippen LogP contribution in [0.5, 0.6) is 5.75 Å². The topological polar surface area (TPSA) is 55.8 Å². The summed E-state index contributed by atoms with van der Waals surface area (Å²) < 4.78 is 11.9. The van der Waals surface area contributed by atoms with E-state index in [2.05, 4.69) is 31.2 Å². The highest BCUT2D eigenvalue weighted by molar-refractivity contribution is 5.83. The molecule has 1 heterocycles. The van der Waals surface area contributed by atoms with E-state index in [9.17, 15) is 9.90 Å². The third-order valence-corrected chi connectivity index (χ3v) is 6.16. The molecule has 1 saturated carbocycles. The van der Waals surface area contributed by atoms with Gasteiger partial charge in [-0.15, -0.1) is 0 Å². The van der Waals surface area contributed by atoms with E-state index in [4.69, 9.17) is 9.47 Å². The molecule has 1 N–H and O–H groups in total. The average Bonchev–Trinajstić information content (AvgIpc) is 3.41. The van der Waals surface area contributed by atoms with Crippen LogP contribution in [0.4, 0.5) is 0 Å². The Morgan fingerprint density at radius 2 is 1.97 bits per heavy atom. The summed E-state index contributed by atoms with van der Waals surface area (Å²) in [4.78, 5) is 12.4. The summed E-state index contributed by atoms with van der Waals surface area (Å²) in [6, 6.07) is 10.6. The van der Waals surface area contributed by atoms with Gasteiger partial charge in [0.05, 0.1) is 12.2 Å². The van der Waals surface area contributed by atoms with Crippen molar-refractivity contribution < 1.29 is 19.4 Å². The normalized spacial score (nSPS) is 21.5. The molecule has 1 unspecified atom stereocenters. The molecule has 1 aliphatic carbocycles. The minimum Gasteiger partial charge on any atom is -0.493 e. The van der Waals surface area contributed by atoms with Crippen molar-refractivity contribution >= 4 is 5.97 Å². The fourth-order valence-electron chi connectivity index (χ4n) is 4.57. The maximum atomic E-state index is 12.4. The monoisotopic (exact) mass is 408 g/mol. The Labute approximate surface area is 179 Å². The first kappa shape index (κ1) is 20.9. The van der Waals surface area contributed by atoms with Gasteiger partial charge in [-0.25, -0.2) is 4.79 Å². The van der Waals surface area contributed by atoms with Crippen molar-refractivity contribution in [3.8, 4) is 16.9 Å². The molecule has 30 heavy (non-hydrogen) atoms. The van der Waals surface area contributed by atoms with Gasteiger partial charge in [0, 0.05) is 5.56 Å². The predicted molar refractivity (Wildman–Crippen MR) is 118 cm³/mol. The molecule has 0 radical (unpaired) electrons. The van der Waals surface area contributed by atoms with Crippen LogP contribution in [-0.2, 0) is 16.0 Å². The number of aliphatic carboxylic acids is 1. The molecule has 0 spiro atoms. The van der Waals surface area contributed by atoms with E-state index >= 15 is 0 Å². The van der Waals surface area contributed by atoms with E-state index in [1.165, 1.54) is 11.1 Å². The average molecular weight is 409 g/mol. The summed E-state index contributed by atoms with van der Waals surface area (Å²) in [5.74, 6) is 1.08. The number of ether oxygens (including phenoxy) is 2. The number of rotatable bonds is 5. The highest BCUT2D eigenvalue weighted by atomic mass is 16.5. The lowest BCUT2D eigenvalue weighted by Gasteiger charge is -2.29. The van der Waals surface area contributed by atoms with Gasteiger partial charge >= 0.3 is 5.97 Å². The zero-order valence-corrected chi connectivity index (χ0v) is 18.6. The van der Waals surface area contributed by atoms with E-state index in [0.717, 1.165) is 53.9 Å². The molecule has 3 atom stereocenters. The van der Waals surface area contributed by atoms with Crippen LogP contribution in [0.15, 0.2) is 30.3 Å². The van der Waals surface area contributed by atoms with Crippen LogP contribution in [0.2, 0.25) is 0 Å². The summed E-state index contributed by atoms with van der Waals surface area (Å²) in [6.45, 7) is 10.7. The first-order valence-electron chi connectivity index (χ1n) is 11.0. The quantitative estimate of drug-likeness (QED) is 0.654. The van der Waals surface area contributed by atoms with Crippen LogP contribution in [0, 0.1) is 12.8 Å². The zero-order valence-electron chi connectivity index (χ0n) is 18.6. The number of carbonyl (C=O) groups is 1. The summed E-state index contributed by atoms with van der Waals surface area (Å²) in [5, 5.41) is 10.1. The molecule has 0 saturated heterocycles. The van der Waals surface area contributed by atoms with Crippen molar-refractivity contribution in [1.82, 2.24) is 0 Å². The fourth-order valence-corrected chi connectivity index (χ4v) is 4.57. The van der Waals surface area contributed by atoms with E-state index in [1.807, 2.05) is 33.8 Å². The minimum atomic E-state index is -1.01. The van der Waals surface area contributed by atoms with E-state index in [0.29, 0.717) is 11.8 Å². The van der Waals surface area contributed by atoms with Crippen molar-refractivity contribution in [2.75, 3.05) is 6.61 Å². The standard InChI is InChI=1S/C26H32O4/c1-15-8-10-19(20-13-16(20)2)23(22(15)24(25(27)28)30-26(3,4)5)18-9-11-21-17(14-18)7-6-12-29-21/h8-11,14,16,20,24H,6-7,12-13H2,1-5H3,(H,27,28)/t16-,20+,24?/m0/s1. The summed E-state index contributed by atoms with van der Waals surface area (Å²) in [6.07, 6.45) is 2.12. The van der Waals surface area contributed by atoms with Gasteiger partial charge in [-0.3, -0.25) is 0 Å². The molecule has 0 aromatic heterocycles. The van der Waals surface area contributed by atoms with Gasteiger partial charge in [0.25, 0.3) is 0 Å². The maximum absolute atomic E-state index is 12.4. The van der Waals surface area contributed by atoms with Gasteiger partial charge in [-0.05, 0) is 98.7 Å². The van der Waals surface area contributed by atoms with E-state index in [-0.39, 0.29) is 0 Å². The number of carboxylic acids is 1. The Kier molecular flexibility index (Phi) is 5.39. The molecule has 2 aromatic rings. The molecule has 2 aliphatic rings. The Morgan fingerprint density at radius 1 is 1.23 bits per heavy atom. The highest BCUT2D eigenvalue weighted by Gasteiger charge is 2.39. The summed E-state index contributed by atoms with van der Waals surface area (Å²) >= 11 is 0. The number of hydrogen-bond acceptors (Lipinski definition) is 3. The lowest BCUT2D eigenvalue weighted by molar-refractivity contribution is -0.160. The van der Waals surface area contributed by atoms with Gasteiger partial charge in [0.2, 0.25) is 0 Å². The van der Waals surface area contributed by atoms with Crippen LogP contribution in [0.3, 0.4) is 0 Å². The minimum absolute atomic E-state index is 0.468. The first-order valence-corrected chi connectivity index (χ1v) is 11.0. The number of carboxylic acid groups (broad SMARTS) is 1. The molecule has 0 bridgehead atoms. The Morgan fingerprint density at radius 3 is 2.60 bits per heavy atom. The first-order chi connectivity index (χ1) is 14.2. The SMILES string of the molecule is Cc1ccc([C@@H]2C[C@@H]2C)c(-c2ccc3c(c2)CCCO3)c1C(OC(C)(C)C)C(=O)O. The Balaban J connectivity index is 1.93. The molecule has 0 amide bonds. The number of hydrogen-bond donors (Lipinski definition) is 1. The lowest BCUT2D eigenvalue weighted by atomic mass is 9.85. The second-order valence-electron chi connectivity index (χ2n) is 9.80. The van der Waals surface area contributed by atoms with Gasteiger partial charge in [0.1, 0.15) is 5.75 Å². The Hall–Kier alpha value is -2.33. The highest BCUT2D eigenvalue weighted by Crippen LogP contribution is 2.52. The van der Waals surface area contributed by atoms with Crippen molar-refractivity contribution in [1.29, 1.82) is 0 Å². The molecule has 4 rings (SSSR count). The van der Waals surface area contributed by atoms with Crippen LogP contribution in [-0.4, -0.2) is 23.3 Å². The largest absolute Gasteiger partial charge is 0.493 e. The van der Waals surface area contributed by atoms with E-state index in [1.54, 1.807) is 0 Å². The van der Waals surface area contributed by atoms with Crippen molar-refractivity contribution in [2.24, 2.45) is 5.92 Å². The number of fused-ring (bicyclic) bond motifs is 1. The smallest absolute Gasteiger partial charge is 0.337 e. The molecular formula is C26H32O4. The molecule has 1 aliphatic heterocycles. The lowest BCUT2D eigenvalue weighted by Crippen LogP contribution is -2.28. The number of aryl methyl sites for hydroxylation is 2. The molecule has 1 fully saturated rings. The van der Waals surface area contributed by atoms with Crippen molar-refractivity contribution in [3.63, 3.8) is 0 Å². The molecular weight excluding hydrogens is 376 g/mol. The van der Waals surface area contributed by atoms with E-state index < -0.39 is 17.7 Å². The molecule has 160 valence electrons. The number of benzene rings is 2. The second-order valence-corrected chi connectivity index (χ2v) is 9.80. The van der Waals surface area contributed by atoms with Gasteiger partial charge in [0.15, 0.2) is 6.10 Å². The molecule has 4 nitrogen and oxygen atoms in total. The predicted octanol–water partition coefficient (Wildman–Crippen LogP) is 6.05. The summed E-state index contributed by atoms with van der Waals surface area (Å²) in [5.41, 5.74) is 5.70. The van der Waals surface area contributed by atoms with Crippen molar-refractivity contribution in [2.45, 2.75) is 71.5 Å². The van der Waals surface area contributed by atoms with Crippen LogP contribution in [0.1, 0.15) is 74.8 Å². The van der Waals surface area contributed by atoms with Gasteiger partial charge < -0.3 is 14.6 Å². The third-order valence-electron chi connectivity index (χ3n) is 6.16. The molecule has 2 aromatic carbocycles. The fraction of sp³-hybridized carbons (Fsp3) is 0.500. The third kappa shape index (κ3) is 4.11. The summed E-state index contributed by atoms with van der Waals surface area (Å²) in [7, 11) is 0. The van der Waals surface area contributed by atoms with Gasteiger partial charge in [-0.2, -0.15) is 0 Å². The van der Waals surface area contributed by atoms with Crippen LogP contribution in [0.25, 0.3) is 11.1 Å². The molecule has 4 heteroatoms. The van der Waals surface area contributed by atoms with Crippen LogP contribution < -0.4 is 4.74 Å². The Bertz CT molecular complexity index is 970. The van der Waals surface area contributed by atoms with Crippen LogP contribution >= 0.6 is 0 Å². The van der Waals surface area contributed by atoms with Crippen molar-refractivity contribution in [3.05, 3.63) is 52.6 Å². The second kappa shape index (κ2) is 7.73. The zero-order chi connectivity index (χ0) is 21.6. The maximum Gasteiger partial charge on any atom is 0.337 e.